The van der Waals surface area contributed by atoms with Crippen LogP contribution in [0.5, 0.6) is 0 Å². The Morgan fingerprint density at radius 1 is 1.00 bits per heavy atom. The normalized spacial score (nSPS) is 10.6. The second-order valence-corrected chi connectivity index (χ2v) is 4.94. The van der Waals surface area contributed by atoms with Crippen molar-refractivity contribution in [3.05, 3.63) is 57.8 Å². The van der Waals surface area contributed by atoms with E-state index in [1.807, 2.05) is 6.07 Å². The average Bonchev–Trinajstić information content (AvgIpc) is 2.32. The molecule has 0 saturated heterocycles. The predicted molar refractivity (Wildman–Crippen MR) is 74.5 cm³/mol. The summed E-state index contributed by atoms with van der Waals surface area (Å²) in [6.07, 6.45) is 0. The largest absolute Gasteiger partial charge is 0.207 e. The Morgan fingerprint density at radius 2 is 1.76 bits per heavy atom. The first-order valence-electron chi connectivity index (χ1n) is 4.91. The molecule has 0 aromatic heterocycles. The van der Waals surface area contributed by atoms with Crippen LogP contribution in [0, 0.1) is 5.82 Å². The van der Waals surface area contributed by atoms with Gasteiger partial charge >= 0.3 is 0 Å². The van der Waals surface area contributed by atoms with E-state index < -0.39 is 0 Å². The van der Waals surface area contributed by atoms with E-state index in [1.54, 1.807) is 18.2 Å². The predicted octanol–water partition coefficient (Wildman–Crippen LogP) is 5.69. The lowest BCUT2D eigenvalue weighted by atomic mass is 10.0. The first kappa shape index (κ1) is 12.9. The van der Waals surface area contributed by atoms with Gasteiger partial charge in [0.15, 0.2) is 0 Å². The zero-order chi connectivity index (χ0) is 12.4. The molecule has 2 aromatic carbocycles. The average molecular weight is 334 g/mol. The molecule has 0 fully saturated rings. The number of hydrogen-bond donors (Lipinski definition) is 0. The molecule has 0 nitrogen and oxygen atoms in total. The van der Waals surface area contributed by atoms with Gasteiger partial charge in [-0.25, -0.2) is 4.39 Å². The third kappa shape index (κ3) is 2.82. The molecule has 0 amide bonds. The summed E-state index contributed by atoms with van der Waals surface area (Å²) in [6.45, 7) is 0. The summed E-state index contributed by atoms with van der Waals surface area (Å²) >= 11 is 15.2. The Morgan fingerprint density at radius 3 is 2.41 bits per heavy atom. The first-order chi connectivity index (χ1) is 8.11. The molecule has 0 saturated carbocycles. The van der Waals surface area contributed by atoms with Gasteiger partial charge in [-0.05, 0) is 41.0 Å². The van der Waals surface area contributed by atoms with Gasteiger partial charge in [0.25, 0.3) is 0 Å². The fraction of sp³-hybridized carbons (Fsp3) is 0.0769. The molecule has 0 spiro atoms. The Kier molecular flexibility index (Phi) is 4.08. The molecule has 2 aromatic rings. The minimum Gasteiger partial charge on any atom is -0.207 e. The summed E-state index contributed by atoms with van der Waals surface area (Å²) in [5, 5.41) is 1.59. The van der Waals surface area contributed by atoms with E-state index in [0.717, 1.165) is 16.7 Å². The Labute approximate surface area is 117 Å². The van der Waals surface area contributed by atoms with Crippen molar-refractivity contribution in [2.75, 3.05) is 0 Å². The van der Waals surface area contributed by atoms with Crippen LogP contribution in [0.3, 0.4) is 0 Å². The molecule has 0 atom stereocenters. The highest BCUT2D eigenvalue weighted by molar-refractivity contribution is 9.08. The maximum atomic E-state index is 13.1. The second-order valence-electron chi connectivity index (χ2n) is 3.56. The summed E-state index contributed by atoms with van der Waals surface area (Å²) in [5.41, 5.74) is 2.75. The van der Waals surface area contributed by atoms with Crippen molar-refractivity contribution in [1.82, 2.24) is 0 Å². The maximum Gasteiger partial charge on any atom is 0.123 e. The van der Waals surface area contributed by atoms with Crippen molar-refractivity contribution in [3.8, 4) is 11.1 Å². The monoisotopic (exact) mass is 332 g/mol. The minimum absolute atomic E-state index is 0.247. The van der Waals surface area contributed by atoms with E-state index in [2.05, 4.69) is 15.9 Å². The van der Waals surface area contributed by atoms with Gasteiger partial charge in [-0.2, -0.15) is 0 Å². The number of halogens is 4. The molecule has 0 bridgehead atoms. The standard InChI is InChI=1S/C13H8BrCl2F/c14-7-9-5-10(17)2-3-11(9)8-1-4-12(15)13(16)6-8/h1-6H,7H2. The lowest BCUT2D eigenvalue weighted by molar-refractivity contribution is 0.627. The molecule has 4 heteroatoms. The van der Waals surface area contributed by atoms with Crippen LogP contribution >= 0.6 is 39.1 Å². The summed E-state index contributed by atoms with van der Waals surface area (Å²) in [7, 11) is 0. The molecule has 88 valence electrons. The number of rotatable bonds is 2. The van der Waals surface area contributed by atoms with E-state index in [9.17, 15) is 4.39 Å². The van der Waals surface area contributed by atoms with Crippen LogP contribution in [0.4, 0.5) is 4.39 Å². The molecule has 17 heavy (non-hydrogen) atoms. The van der Waals surface area contributed by atoms with Crippen LogP contribution in [0.2, 0.25) is 10.0 Å². The van der Waals surface area contributed by atoms with Crippen LogP contribution in [0.1, 0.15) is 5.56 Å². The highest BCUT2D eigenvalue weighted by Crippen LogP contribution is 2.31. The Balaban J connectivity index is 2.55. The highest BCUT2D eigenvalue weighted by atomic mass is 79.9. The minimum atomic E-state index is -0.247. The third-order valence-electron chi connectivity index (χ3n) is 2.44. The van der Waals surface area contributed by atoms with Crippen LogP contribution in [0.15, 0.2) is 36.4 Å². The highest BCUT2D eigenvalue weighted by Gasteiger charge is 2.07. The van der Waals surface area contributed by atoms with Crippen molar-refractivity contribution in [1.29, 1.82) is 0 Å². The molecule has 0 aliphatic carbocycles. The summed E-state index contributed by atoms with van der Waals surface area (Å²) < 4.78 is 13.1. The molecule has 2 rings (SSSR count). The fourth-order valence-electron chi connectivity index (χ4n) is 1.62. The van der Waals surface area contributed by atoms with Crippen molar-refractivity contribution >= 4 is 39.1 Å². The lowest BCUT2D eigenvalue weighted by Crippen LogP contribution is -1.88. The topological polar surface area (TPSA) is 0 Å². The maximum absolute atomic E-state index is 13.1. The molecular weight excluding hydrogens is 326 g/mol. The van der Waals surface area contributed by atoms with Crippen LogP contribution in [-0.2, 0) is 5.33 Å². The lowest BCUT2D eigenvalue weighted by Gasteiger charge is -2.08. The second kappa shape index (κ2) is 5.38. The smallest absolute Gasteiger partial charge is 0.123 e. The van der Waals surface area contributed by atoms with E-state index in [4.69, 9.17) is 23.2 Å². The molecule has 0 aliphatic rings. The van der Waals surface area contributed by atoms with Crippen molar-refractivity contribution in [2.24, 2.45) is 0 Å². The quantitative estimate of drug-likeness (QED) is 0.619. The SMILES string of the molecule is Fc1ccc(-c2ccc(Cl)c(Cl)c2)c(CBr)c1. The fourth-order valence-corrected chi connectivity index (χ4v) is 2.38. The van der Waals surface area contributed by atoms with E-state index in [0.29, 0.717) is 15.4 Å². The number of alkyl halides is 1. The van der Waals surface area contributed by atoms with E-state index >= 15 is 0 Å². The molecular formula is C13H8BrCl2F. The summed E-state index contributed by atoms with van der Waals surface area (Å²) in [5.74, 6) is -0.247. The molecule has 0 radical (unpaired) electrons. The van der Waals surface area contributed by atoms with E-state index in [1.165, 1.54) is 12.1 Å². The van der Waals surface area contributed by atoms with Crippen LogP contribution in [-0.4, -0.2) is 0 Å². The van der Waals surface area contributed by atoms with Gasteiger partial charge in [-0.1, -0.05) is 51.3 Å². The zero-order valence-corrected chi connectivity index (χ0v) is 11.8. The van der Waals surface area contributed by atoms with Gasteiger partial charge in [0.05, 0.1) is 10.0 Å². The Bertz CT molecular complexity index is 555. The molecule has 0 N–H and O–H groups in total. The number of hydrogen-bond acceptors (Lipinski definition) is 0. The van der Waals surface area contributed by atoms with Gasteiger partial charge in [0.2, 0.25) is 0 Å². The third-order valence-corrected chi connectivity index (χ3v) is 3.78. The van der Waals surface area contributed by atoms with Crippen LogP contribution < -0.4 is 0 Å². The summed E-state index contributed by atoms with van der Waals surface area (Å²) in [4.78, 5) is 0. The number of benzene rings is 2. The van der Waals surface area contributed by atoms with Crippen molar-refractivity contribution < 1.29 is 4.39 Å². The first-order valence-corrected chi connectivity index (χ1v) is 6.79. The van der Waals surface area contributed by atoms with Gasteiger partial charge < -0.3 is 0 Å². The van der Waals surface area contributed by atoms with E-state index in [-0.39, 0.29) is 5.82 Å². The van der Waals surface area contributed by atoms with Gasteiger partial charge in [0, 0.05) is 5.33 Å². The van der Waals surface area contributed by atoms with Crippen molar-refractivity contribution in [3.63, 3.8) is 0 Å². The Hall–Kier alpha value is -0.570. The van der Waals surface area contributed by atoms with Gasteiger partial charge in [0.1, 0.15) is 5.82 Å². The zero-order valence-electron chi connectivity index (χ0n) is 8.68. The van der Waals surface area contributed by atoms with Gasteiger partial charge in [-0.3, -0.25) is 0 Å². The molecule has 0 heterocycles. The van der Waals surface area contributed by atoms with Crippen molar-refractivity contribution in [2.45, 2.75) is 5.33 Å². The molecule has 0 unspecified atom stereocenters. The molecule has 0 aliphatic heterocycles. The van der Waals surface area contributed by atoms with Gasteiger partial charge in [-0.15, -0.1) is 0 Å². The van der Waals surface area contributed by atoms with Crippen LogP contribution in [0.25, 0.3) is 11.1 Å². The summed E-state index contributed by atoms with van der Waals surface area (Å²) in [6, 6.07) is 10.1.